The number of nitrogen functional groups attached to an aromatic ring is 1. The van der Waals surface area contributed by atoms with Crippen molar-refractivity contribution in [3.63, 3.8) is 0 Å². The van der Waals surface area contributed by atoms with Crippen molar-refractivity contribution in [3.05, 3.63) is 33.7 Å². The van der Waals surface area contributed by atoms with Gasteiger partial charge in [0.2, 0.25) is 0 Å². The Labute approximate surface area is 93.2 Å². The molecule has 72 valence electrons. The zero-order chi connectivity index (χ0) is 10.1. The third-order valence-corrected chi connectivity index (χ3v) is 2.81. The van der Waals surface area contributed by atoms with Crippen LogP contribution < -0.4 is 5.73 Å². The standard InChI is InChI=1S/C9H6FIN2O/c10-6-3-1-5(2-4-6)8-7(11)9(12)13-14-8/h1-4H,(H2,12,13). The van der Waals surface area contributed by atoms with Gasteiger partial charge in [-0.1, -0.05) is 5.16 Å². The largest absolute Gasteiger partial charge is 0.380 e. The summed E-state index contributed by atoms with van der Waals surface area (Å²) in [6.45, 7) is 0. The maximum atomic E-state index is 12.6. The van der Waals surface area contributed by atoms with E-state index < -0.39 is 0 Å². The molecule has 5 heteroatoms. The predicted octanol–water partition coefficient (Wildman–Crippen LogP) is 2.67. The molecule has 0 aliphatic rings. The molecule has 2 N–H and O–H groups in total. The normalized spacial score (nSPS) is 10.4. The quantitative estimate of drug-likeness (QED) is 0.824. The summed E-state index contributed by atoms with van der Waals surface area (Å²) < 4.78 is 18.4. The van der Waals surface area contributed by atoms with Gasteiger partial charge in [-0.15, -0.1) is 0 Å². The van der Waals surface area contributed by atoms with Crippen LogP contribution >= 0.6 is 22.6 Å². The van der Waals surface area contributed by atoms with Crippen LogP contribution in [-0.4, -0.2) is 5.16 Å². The second-order valence-corrected chi connectivity index (χ2v) is 3.80. The summed E-state index contributed by atoms with van der Waals surface area (Å²) in [5.74, 6) is 0.643. The first-order chi connectivity index (χ1) is 6.68. The minimum Gasteiger partial charge on any atom is -0.380 e. The van der Waals surface area contributed by atoms with Gasteiger partial charge in [-0.05, 0) is 46.9 Å². The number of nitrogens with two attached hydrogens (primary N) is 1. The molecule has 0 spiro atoms. The fourth-order valence-electron chi connectivity index (χ4n) is 1.07. The molecule has 14 heavy (non-hydrogen) atoms. The van der Waals surface area contributed by atoms with E-state index in [0.717, 1.165) is 9.13 Å². The number of hydrogen-bond acceptors (Lipinski definition) is 3. The lowest BCUT2D eigenvalue weighted by Gasteiger charge is -1.95. The van der Waals surface area contributed by atoms with E-state index in [1.54, 1.807) is 12.1 Å². The Balaban J connectivity index is 2.49. The minimum absolute atomic E-state index is 0.281. The first-order valence-electron chi connectivity index (χ1n) is 3.85. The van der Waals surface area contributed by atoms with Gasteiger partial charge in [0.25, 0.3) is 0 Å². The van der Waals surface area contributed by atoms with Crippen molar-refractivity contribution in [2.45, 2.75) is 0 Å². The van der Waals surface area contributed by atoms with Crippen molar-refractivity contribution < 1.29 is 8.91 Å². The first kappa shape index (κ1) is 9.45. The van der Waals surface area contributed by atoms with Gasteiger partial charge in [0.15, 0.2) is 11.6 Å². The van der Waals surface area contributed by atoms with Gasteiger partial charge in [-0.3, -0.25) is 0 Å². The zero-order valence-electron chi connectivity index (χ0n) is 7.00. The lowest BCUT2D eigenvalue weighted by atomic mass is 10.2. The molecule has 1 heterocycles. The van der Waals surface area contributed by atoms with Crippen LogP contribution in [0.4, 0.5) is 10.2 Å². The maximum Gasteiger partial charge on any atom is 0.182 e. The Kier molecular flexibility index (Phi) is 2.40. The molecule has 0 aliphatic heterocycles. The van der Waals surface area contributed by atoms with Crippen LogP contribution in [0.2, 0.25) is 0 Å². The monoisotopic (exact) mass is 304 g/mol. The Bertz CT molecular complexity index is 452. The van der Waals surface area contributed by atoms with E-state index in [9.17, 15) is 4.39 Å². The van der Waals surface area contributed by atoms with Gasteiger partial charge < -0.3 is 10.3 Å². The van der Waals surface area contributed by atoms with E-state index in [-0.39, 0.29) is 5.82 Å². The third-order valence-electron chi connectivity index (χ3n) is 1.77. The Morgan fingerprint density at radius 2 is 1.93 bits per heavy atom. The van der Waals surface area contributed by atoms with Gasteiger partial charge in [-0.2, -0.15) is 0 Å². The van der Waals surface area contributed by atoms with Gasteiger partial charge in [-0.25, -0.2) is 4.39 Å². The van der Waals surface area contributed by atoms with Crippen molar-refractivity contribution in [2.24, 2.45) is 0 Å². The molecule has 0 unspecified atom stereocenters. The van der Waals surface area contributed by atoms with Crippen LogP contribution in [0.15, 0.2) is 28.8 Å². The van der Waals surface area contributed by atoms with E-state index in [4.69, 9.17) is 10.3 Å². The molecule has 0 saturated carbocycles. The molecule has 0 bridgehead atoms. The molecule has 1 aromatic carbocycles. The van der Waals surface area contributed by atoms with Crippen LogP contribution in [0.5, 0.6) is 0 Å². The molecule has 2 aromatic rings. The van der Waals surface area contributed by atoms with Crippen molar-refractivity contribution in [1.82, 2.24) is 5.16 Å². The number of benzene rings is 1. The molecule has 1 aromatic heterocycles. The van der Waals surface area contributed by atoms with E-state index in [1.165, 1.54) is 12.1 Å². The second kappa shape index (κ2) is 3.56. The Morgan fingerprint density at radius 1 is 1.29 bits per heavy atom. The van der Waals surface area contributed by atoms with Crippen molar-refractivity contribution in [2.75, 3.05) is 5.73 Å². The highest BCUT2D eigenvalue weighted by Crippen LogP contribution is 2.28. The fourth-order valence-corrected chi connectivity index (χ4v) is 1.58. The molecule has 3 nitrogen and oxygen atoms in total. The average molecular weight is 304 g/mol. The fraction of sp³-hybridized carbons (Fsp3) is 0. The molecule has 0 atom stereocenters. The summed E-state index contributed by atoms with van der Waals surface area (Å²) >= 11 is 2.04. The van der Waals surface area contributed by atoms with Crippen LogP contribution in [-0.2, 0) is 0 Å². The topological polar surface area (TPSA) is 52.0 Å². The summed E-state index contributed by atoms with van der Waals surface area (Å²) in [4.78, 5) is 0. The average Bonchev–Trinajstić information content (AvgIpc) is 2.50. The lowest BCUT2D eigenvalue weighted by Crippen LogP contribution is -1.86. The number of aromatic nitrogens is 1. The number of rotatable bonds is 1. The molecule has 2 rings (SSSR count). The maximum absolute atomic E-state index is 12.6. The van der Waals surface area contributed by atoms with Crippen LogP contribution in [0.25, 0.3) is 11.3 Å². The number of hydrogen-bond donors (Lipinski definition) is 1. The van der Waals surface area contributed by atoms with Crippen LogP contribution in [0, 0.1) is 9.39 Å². The molecule has 0 fully saturated rings. The van der Waals surface area contributed by atoms with E-state index in [0.29, 0.717) is 11.6 Å². The SMILES string of the molecule is Nc1noc(-c2ccc(F)cc2)c1I. The molecule has 0 saturated heterocycles. The third kappa shape index (κ3) is 1.59. The lowest BCUT2D eigenvalue weighted by molar-refractivity contribution is 0.435. The predicted molar refractivity (Wildman–Crippen MR) is 59.0 cm³/mol. The second-order valence-electron chi connectivity index (χ2n) is 2.72. The summed E-state index contributed by atoms with van der Waals surface area (Å²) in [6, 6.07) is 5.98. The smallest absolute Gasteiger partial charge is 0.182 e. The van der Waals surface area contributed by atoms with E-state index in [1.807, 2.05) is 22.6 Å². The van der Waals surface area contributed by atoms with Gasteiger partial charge >= 0.3 is 0 Å². The first-order valence-corrected chi connectivity index (χ1v) is 4.93. The Morgan fingerprint density at radius 3 is 2.43 bits per heavy atom. The van der Waals surface area contributed by atoms with Crippen LogP contribution in [0.1, 0.15) is 0 Å². The highest BCUT2D eigenvalue weighted by atomic mass is 127. The highest BCUT2D eigenvalue weighted by molar-refractivity contribution is 14.1. The van der Waals surface area contributed by atoms with Gasteiger partial charge in [0.05, 0.1) is 0 Å². The number of halogens is 2. The summed E-state index contributed by atoms with van der Waals surface area (Å²) in [7, 11) is 0. The molecule has 0 aliphatic carbocycles. The molecular weight excluding hydrogens is 298 g/mol. The summed E-state index contributed by atoms with van der Waals surface area (Å²) in [5, 5.41) is 3.62. The van der Waals surface area contributed by atoms with Crippen molar-refractivity contribution >= 4 is 28.4 Å². The Hall–Kier alpha value is -1.11. The van der Waals surface area contributed by atoms with E-state index >= 15 is 0 Å². The van der Waals surface area contributed by atoms with Crippen molar-refractivity contribution in [1.29, 1.82) is 0 Å². The molecular formula is C9H6FIN2O. The number of nitrogens with zero attached hydrogens (tertiary/aromatic N) is 1. The molecule has 0 radical (unpaired) electrons. The van der Waals surface area contributed by atoms with Gasteiger partial charge in [0.1, 0.15) is 9.39 Å². The highest BCUT2D eigenvalue weighted by Gasteiger charge is 2.12. The van der Waals surface area contributed by atoms with Crippen molar-refractivity contribution in [3.8, 4) is 11.3 Å². The van der Waals surface area contributed by atoms with Crippen LogP contribution in [0.3, 0.4) is 0 Å². The van der Waals surface area contributed by atoms with E-state index in [2.05, 4.69) is 5.16 Å². The molecule has 0 amide bonds. The summed E-state index contributed by atoms with van der Waals surface area (Å²) in [6.07, 6.45) is 0. The minimum atomic E-state index is -0.281. The van der Waals surface area contributed by atoms with Gasteiger partial charge in [0, 0.05) is 5.56 Å². The number of anilines is 1. The zero-order valence-corrected chi connectivity index (χ0v) is 9.16. The summed E-state index contributed by atoms with van der Waals surface area (Å²) in [5.41, 5.74) is 6.29.